The van der Waals surface area contributed by atoms with Crippen LogP contribution in [0.15, 0.2) is 121 Å². The van der Waals surface area contributed by atoms with Crippen LogP contribution in [0.25, 0.3) is 90.4 Å². The molecule has 0 unspecified atom stereocenters. The first-order valence-electron chi connectivity index (χ1n) is 22.1. The Hall–Kier alpha value is -6.76. The number of hydrogen-bond acceptors (Lipinski definition) is 0. The maximum Gasteiger partial charge on any atom is -0.000706 e. The van der Waals surface area contributed by atoms with E-state index >= 15 is 0 Å². The predicted octanol–water partition coefficient (Wildman–Crippen LogP) is 14.2. The zero-order valence-corrected chi connectivity index (χ0v) is 33.5. The molecular formula is C60H40. The second-order valence-corrected chi connectivity index (χ2v) is 18.5. The second kappa shape index (κ2) is 11.5. The van der Waals surface area contributed by atoms with E-state index in [0.717, 1.165) is 51.4 Å². The molecule has 60 heavy (non-hydrogen) atoms. The molecule has 16 rings (SSSR count). The van der Waals surface area contributed by atoms with E-state index in [-0.39, 0.29) is 0 Å². The number of benzene rings is 8. The fourth-order valence-electron chi connectivity index (χ4n) is 12.6. The highest BCUT2D eigenvalue weighted by Crippen LogP contribution is 2.50. The first kappa shape index (κ1) is 32.1. The molecule has 0 amide bonds. The average Bonchev–Trinajstić information content (AvgIpc) is 4.13. The van der Waals surface area contributed by atoms with Gasteiger partial charge in [-0.2, -0.15) is 0 Å². The number of allylic oxidation sites excluding steroid dienone is 4. The Morgan fingerprint density at radius 1 is 0.233 bits per heavy atom. The summed E-state index contributed by atoms with van der Waals surface area (Å²) in [7, 11) is 0. The van der Waals surface area contributed by atoms with E-state index in [2.05, 4.69) is 146 Å². The van der Waals surface area contributed by atoms with Crippen LogP contribution in [0.4, 0.5) is 0 Å². The lowest BCUT2D eigenvalue weighted by molar-refractivity contribution is 1.23. The molecule has 0 nitrogen and oxygen atoms in total. The highest BCUT2D eigenvalue weighted by atomic mass is 14.3. The van der Waals surface area contributed by atoms with Crippen molar-refractivity contribution in [2.24, 2.45) is 0 Å². The van der Waals surface area contributed by atoms with Crippen molar-refractivity contribution >= 4 is 45.8 Å². The van der Waals surface area contributed by atoms with Crippen molar-refractivity contribution in [2.75, 3.05) is 0 Å². The molecule has 0 aliphatic heterocycles. The molecule has 0 bridgehead atoms. The van der Waals surface area contributed by atoms with Crippen LogP contribution in [0.3, 0.4) is 0 Å². The van der Waals surface area contributed by atoms with Crippen LogP contribution < -0.4 is 0 Å². The molecule has 0 heteroatoms. The van der Waals surface area contributed by atoms with Gasteiger partial charge in [0.05, 0.1) is 0 Å². The fourth-order valence-corrected chi connectivity index (χ4v) is 12.6. The molecule has 280 valence electrons. The normalized spacial score (nSPS) is 15.9. The zero-order valence-electron chi connectivity index (χ0n) is 33.5. The lowest BCUT2D eigenvalue weighted by atomic mass is 9.93. The highest BCUT2D eigenvalue weighted by molar-refractivity contribution is 6.03. The summed E-state index contributed by atoms with van der Waals surface area (Å²) in [6.45, 7) is 0. The fraction of sp³-hybridized carbons (Fsp3) is 0.133. The van der Waals surface area contributed by atoms with Crippen LogP contribution >= 0.6 is 0 Å². The van der Waals surface area contributed by atoms with E-state index in [1.165, 1.54) is 155 Å². The molecule has 0 heterocycles. The third kappa shape index (κ3) is 4.31. The molecule has 8 aromatic rings. The van der Waals surface area contributed by atoms with Crippen LogP contribution in [0.5, 0.6) is 0 Å². The third-order valence-electron chi connectivity index (χ3n) is 15.5. The monoisotopic (exact) mass is 760 g/mol. The summed E-state index contributed by atoms with van der Waals surface area (Å²) >= 11 is 0. The van der Waals surface area contributed by atoms with E-state index in [4.69, 9.17) is 0 Å². The Bertz CT molecular complexity index is 3280. The molecular weight excluding hydrogens is 721 g/mol. The van der Waals surface area contributed by atoms with Crippen molar-refractivity contribution in [1.82, 2.24) is 0 Å². The average molecular weight is 761 g/mol. The Morgan fingerprint density at radius 2 is 0.517 bits per heavy atom. The molecule has 0 atom stereocenters. The van der Waals surface area contributed by atoms with Crippen LogP contribution in [0.2, 0.25) is 0 Å². The summed E-state index contributed by atoms with van der Waals surface area (Å²) in [5, 5.41) is 5.83. The quantitative estimate of drug-likeness (QED) is 0.144. The Balaban J connectivity index is 0.000000114. The molecule has 0 radical (unpaired) electrons. The van der Waals surface area contributed by atoms with E-state index in [0.29, 0.717) is 0 Å². The molecule has 0 fully saturated rings. The highest BCUT2D eigenvalue weighted by Gasteiger charge is 2.29. The summed E-state index contributed by atoms with van der Waals surface area (Å²) in [6.07, 6.45) is 26.9. The van der Waals surface area contributed by atoms with Gasteiger partial charge in [0.25, 0.3) is 0 Å². The van der Waals surface area contributed by atoms with E-state index in [1.54, 1.807) is 0 Å². The minimum Gasteiger partial charge on any atom is -0.0795 e. The van der Waals surface area contributed by atoms with Gasteiger partial charge in [-0.25, -0.2) is 0 Å². The smallest absolute Gasteiger partial charge is 0.000706 e. The molecule has 0 saturated heterocycles. The van der Waals surface area contributed by atoms with Gasteiger partial charge in [-0.05, 0) is 231 Å². The van der Waals surface area contributed by atoms with Gasteiger partial charge in [0, 0.05) is 0 Å². The lowest BCUT2D eigenvalue weighted by Gasteiger charge is -2.11. The molecule has 8 aliphatic carbocycles. The minimum atomic E-state index is 1.06. The van der Waals surface area contributed by atoms with Gasteiger partial charge in [0.1, 0.15) is 0 Å². The largest absolute Gasteiger partial charge is 0.0795 e. The summed E-state index contributed by atoms with van der Waals surface area (Å²) < 4.78 is 0. The van der Waals surface area contributed by atoms with Crippen LogP contribution in [0.1, 0.15) is 89.0 Å². The Labute approximate surface area is 350 Å². The Morgan fingerprint density at radius 3 is 0.867 bits per heavy atom. The molecule has 0 aromatic heterocycles. The molecule has 8 aromatic carbocycles. The first-order valence-corrected chi connectivity index (χ1v) is 22.1. The first-order chi connectivity index (χ1) is 29.7. The third-order valence-corrected chi connectivity index (χ3v) is 15.5. The van der Waals surface area contributed by atoms with Crippen LogP contribution in [-0.4, -0.2) is 0 Å². The maximum absolute atomic E-state index is 2.45. The van der Waals surface area contributed by atoms with Gasteiger partial charge >= 0.3 is 0 Å². The van der Waals surface area contributed by atoms with Gasteiger partial charge < -0.3 is 0 Å². The number of rotatable bonds is 0. The summed E-state index contributed by atoms with van der Waals surface area (Å²) in [4.78, 5) is 0. The van der Waals surface area contributed by atoms with Crippen molar-refractivity contribution in [3.05, 3.63) is 210 Å². The standard InChI is InChI=1S/2C30H20/c2*1-3-17-11-21-15-29-23-8-10-26-28-14-20-6-2-4-18(20)12-22(28)16-30(26)24(23)7-9-25(29)27(21)13-19(17)5-1/h1-2,5-14H,3-4,15-16H2;1-4,7-14H,5-6,15-16H2. The van der Waals surface area contributed by atoms with Crippen molar-refractivity contribution in [1.29, 1.82) is 0 Å². The Kier molecular flexibility index (Phi) is 6.16. The van der Waals surface area contributed by atoms with Gasteiger partial charge in [-0.3, -0.25) is 0 Å². The maximum atomic E-state index is 2.45. The van der Waals surface area contributed by atoms with Gasteiger partial charge in [0.2, 0.25) is 0 Å². The van der Waals surface area contributed by atoms with E-state index < -0.39 is 0 Å². The minimum absolute atomic E-state index is 1.06. The van der Waals surface area contributed by atoms with Crippen LogP contribution in [-0.2, 0) is 51.4 Å². The number of hydrogen-bond donors (Lipinski definition) is 0. The van der Waals surface area contributed by atoms with Crippen molar-refractivity contribution in [3.8, 4) is 44.5 Å². The predicted molar refractivity (Wildman–Crippen MR) is 252 cm³/mol. The lowest BCUT2D eigenvalue weighted by Crippen LogP contribution is -1.89. The van der Waals surface area contributed by atoms with E-state index in [9.17, 15) is 0 Å². The zero-order chi connectivity index (χ0) is 38.8. The number of fused-ring (bicyclic) bond motifs is 22. The van der Waals surface area contributed by atoms with Gasteiger partial charge in [0.15, 0.2) is 0 Å². The summed E-state index contributed by atoms with van der Waals surface area (Å²) in [6, 6.07) is 38.6. The van der Waals surface area contributed by atoms with Gasteiger partial charge in [-0.15, -0.1) is 0 Å². The van der Waals surface area contributed by atoms with Crippen molar-refractivity contribution in [3.63, 3.8) is 0 Å². The molecule has 0 N–H and O–H groups in total. The second-order valence-electron chi connectivity index (χ2n) is 18.5. The summed E-state index contributed by atoms with van der Waals surface area (Å²) in [5.41, 5.74) is 35.3. The SMILES string of the molecule is C1=Cc2cc3c(cc2C1)-c1ccc2c4c(ccc2c1C3)-c1cc2c(cc1C4)C=CC2.C1=Cc2cc3c(cc2C1)Cc1c-3ccc2c3c(ccc12)-c1cc2c(cc1C3)CC=C2. The van der Waals surface area contributed by atoms with Crippen LogP contribution in [0, 0.1) is 0 Å². The van der Waals surface area contributed by atoms with Crippen molar-refractivity contribution in [2.45, 2.75) is 51.4 Å². The molecule has 8 aliphatic rings. The summed E-state index contributed by atoms with van der Waals surface area (Å²) in [5.74, 6) is 0. The van der Waals surface area contributed by atoms with Crippen molar-refractivity contribution < 1.29 is 0 Å². The molecule has 0 saturated carbocycles. The van der Waals surface area contributed by atoms with Gasteiger partial charge in [-0.1, -0.05) is 121 Å². The topological polar surface area (TPSA) is 0 Å². The van der Waals surface area contributed by atoms with E-state index in [1.807, 2.05) is 0 Å². The molecule has 0 spiro atoms.